The smallest absolute Gasteiger partial charge is 0.322 e. The maximum Gasteiger partial charge on any atom is 0.322 e. The molecule has 2 heterocycles. The number of anilines is 1. The zero-order valence-electron chi connectivity index (χ0n) is 12.6. The first-order valence-electron chi connectivity index (χ1n) is 7.07. The normalized spacial score (nSPS) is 10.9. The topological polar surface area (TPSA) is 68.0 Å². The number of aromatic nitrogens is 2. The predicted octanol–water partition coefficient (Wildman–Crippen LogP) is 4.55. The third kappa shape index (κ3) is 4.00. The van der Waals surface area contributed by atoms with Gasteiger partial charge in [0.05, 0.1) is 4.88 Å². The van der Waals surface area contributed by atoms with Crippen LogP contribution in [-0.4, -0.2) is 21.4 Å². The van der Waals surface area contributed by atoms with Gasteiger partial charge in [-0.2, -0.15) is 0 Å². The van der Waals surface area contributed by atoms with Crippen LogP contribution in [0.15, 0.2) is 51.1 Å². The standard InChI is InChI=1S/C16H15N3O2S2/c1-10(2)23-12-7-5-11(6-8-12)14(20)17-16-19-18-15(21-16)13-4-3-9-22-13/h3-10H,1-2H3,(H,17,19,20). The summed E-state index contributed by atoms with van der Waals surface area (Å²) < 4.78 is 5.45. The van der Waals surface area contributed by atoms with Crippen molar-refractivity contribution in [2.45, 2.75) is 24.0 Å². The maximum absolute atomic E-state index is 12.2. The molecule has 0 aliphatic carbocycles. The Morgan fingerprint density at radius 2 is 2.00 bits per heavy atom. The highest BCUT2D eigenvalue weighted by Gasteiger charge is 2.13. The van der Waals surface area contributed by atoms with Gasteiger partial charge in [0.25, 0.3) is 11.8 Å². The summed E-state index contributed by atoms with van der Waals surface area (Å²) in [5.74, 6) is 0.131. The van der Waals surface area contributed by atoms with Gasteiger partial charge in [-0.3, -0.25) is 10.1 Å². The van der Waals surface area contributed by atoms with Gasteiger partial charge in [0.15, 0.2) is 0 Å². The Balaban J connectivity index is 1.67. The summed E-state index contributed by atoms with van der Waals surface area (Å²) in [5.41, 5.74) is 0.550. The Labute approximate surface area is 142 Å². The van der Waals surface area contributed by atoms with Crippen molar-refractivity contribution in [3.63, 3.8) is 0 Å². The Morgan fingerprint density at radius 1 is 1.22 bits per heavy atom. The minimum atomic E-state index is -0.271. The van der Waals surface area contributed by atoms with Crippen molar-refractivity contribution in [2.75, 3.05) is 5.32 Å². The van der Waals surface area contributed by atoms with E-state index in [-0.39, 0.29) is 11.9 Å². The SMILES string of the molecule is CC(C)Sc1ccc(C(=O)Nc2nnc(-c3cccs3)o2)cc1. The fraction of sp³-hybridized carbons (Fsp3) is 0.188. The molecule has 2 aromatic heterocycles. The van der Waals surface area contributed by atoms with E-state index in [0.717, 1.165) is 9.77 Å². The summed E-state index contributed by atoms with van der Waals surface area (Å²) >= 11 is 3.25. The molecular weight excluding hydrogens is 330 g/mol. The minimum Gasteiger partial charge on any atom is -0.402 e. The number of thiophene rings is 1. The second-order valence-electron chi connectivity index (χ2n) is 5.03. The molecule has 0 bridgehead atoms. The van der Waals surface area contributed by atoms with Crippen LogP contribution in [0.1, 0.15) is 24.2 Å². The average molecular weight is 345 g/mol. The summed E-state index contributed by atoms with van der Waals surface area (Å²) in [5, 5.41) is 12.8. The molecule has 0 aliphatic heterocycles. The zero-order chi connectivity index (χ0) is 16.2. The third-order valence-corrected chi connectivity index (χ3v) is 4.74. The van der Waals surface area contributed by atoms with E-state index in [1.54, 1.807) is 23.9 Å². The number of nitrogens with zero attached hydrogens (tertiary/aromatic N) is 2. The molecule has 0 spiro atoms. The molecule has 5 nitrogen and oxygen atoms in total. The van der Waals surface area contributed by atoms with Crippen LogP contribution >= 0.6 is 23.1 Å². The Bertz CT molecular complexity index is 780. The second-order valence-corrected chi connectivity index (χ2v) is 7.63. The molecule has 1 amide bonds. The molecule has 23 heavy (non-hydrogen) atoms. The molecule has 0 radical (unpaired) electrons. The van der Waals surface area contributed by atoms with Gasteiger partial charge in [-0.05, 0) is 35.7 Å². The largest absolute Gasteiger partial charge is 0.402 e. The third-order valence-electron chi connectivity index (χ3n) is 2.87. The molecule has 3 rings (SSSR count). The summed E-state index contributed by atoms with van der Waals surface area (Å²) in [4.78, 5) is 14.2. The maximum atomic E-state index is 12.2. The van der Waals surface area contributed by atoms with Crippen LogP contribution in [0, 0.1) is 0 Å². The van der Waals surface area contributed by atoms with Gasteiger partial charge in [-0.15, -0.1) is 28.2 Å². The summed E-state index contributed by atoms with van der Waals surface area (Å²) in [7, 11) is 0. The van der Waals surface area contributed by atoms with Crippen molar-refractivity contribution in [1.82, 2.24) is 10.2 Å². The Hall–Kier alpha value is -2.12. The lowest BCUT2D eigenvalue weighted by atomic mass is 10.2. The monoisotopic (exact) mass is 345 g/mol. The van der Waals surface area contributed by atoms with Crippen LogP contribution in [-0.2, 0) is 0 Å². The Morgan fingerprint density at radius 3 is 2.65 bits per heavy atom. The Kier molecular flexibility index (Phi) is 4.78. The lowest BCUT2D eigenvalue weighted by molar-refractivity contribution is 0.102. The van der Waals surface area contributed by atoms with Crippen LogP contribution in [0.5, 0.6) is 0 Å². The van der Waals surface area contributed by atoms with Crippen molar-refractivity contribution >= 4 is 35.0 Å². The molecule has 0 unspecified atom stereocenters. The van der Waals surface area contributed by atoms with Gasteiger partial charge in [0.2, 0.25) is 0 Å². The van der Waals surface area contributed by atoms with E-state index < -0.39 is 0 Å². The van der Waals surface area contributed by atoms with E-state index in [1.165, 1.54) is 11.3 Å². The lowest BCUT2D eigenvalue weighted by Crippen LogP contribution is -2.11. The zero-order valence-corrected chi connectivity index (χ0v) is 14.3. The number of carbonyl (C=O) groups is 1. The first kappa shape index (κ1) is 15.8. The highest BCUT2D eigenvalue weighted by Crippen LogP contribution is 2.25. The van der Waals surface area contributed by atoms with E-state index in [0.29, 0.717) is 16.7 Å². The van der Waals surface area contributed by atoms with E-state index in [1.807, 2.05) is 29.6 Å². The molecule has 1 aromatic carbocycles. The highest BCUT2D eigenvalue weighted by molar-refractivity contribution is 7.99. The van der Waals surface area contributed by atoms with Crippen LogP contribution in [0.2, 0.25) is 0 Å². The number of hydrogen-bond donors (Lipinski definition) is 1. The van der Waals surface area contributed by atoms with Gasteiger partial charge in [-0.1, -0.05) is 25.0 Å². The molecule has 0 saturated carbocycles. The van der Waals surface area contributed by atoms with Crippen molar-refractivity contribution in [1.29, 1.82) is 0 Å². The van der Waals surface area contributed by atoms with E-state index >= 15 is 0 Å². The van der Waals surface area contributed by atoms with Crippen molar-refractivity contribution in [2.24, 2.45) is 0 Å². The van der Waals surface area contributed by atoms with Crippen LogP contribution in [0.3, 0.4) is 0 Å². The molecular formula is C16H15N3O2S2. The first-order valence-corrected chi connectivity index (χ1v) is 8.83. The molecule has 118 valence electrons. The molecule has 0 fully saturated rings. The van der Waals surface area contributed by atoms with E-state index in [4.69, 9.17) is 4.42 Å². The molecule has 7 heteroatoms. The van der Waals surface area contributed by atoms with Crippen molar-refractivity contribution in [3.8, 4) is 10.8 Å². The minimum absolute atomic E-state index is 0.0963. The fourth-order valence-electron chi connectivity index (χ4n) is 1.90. The molecule has 3 aromatic rings. The van der Waals surface area contributed by atoms with Crippen LogP contribution < -0.4 is 5.32 Å². The number of carbonyl (C=O) groups excluding carboxylic acids is 1. The van der Waals surface area contributed by atoms with Gasteiger partial charge in [0.1, 0.15) is 0 Å². The number of hydrogen-bond acceptors (Lipinski definition) is 6. The highest BCUT2D eigenvalue weighted by atomic mass is 32.2. The summed E-state index contributed by atoms with van der Waals surface area (Å²) in [6.07, 6.45) is 0. The van der Waals surface area contributed by atoms with Gasteiger partial charge in [-0.25, -0.2) is 0 Å². The van der Waals surface area contributed by atoms with Gasteiger partial charge >= 0.3 is 6.01 Å². The van der Waals surface area contributed by atoms with E-state index in [2.05, 4.69) is 29.4 Å². The fourth-order valence-corrected chi connectivity index (χ4v) is 3.38. The van der Waals surface area contributed by atoms with Crippen molar-refractivity contribution < 1.29 is 9.21 Å². The van der Waals surface area contributed by atoms with Crippen LogP contribution in [0.4, 0.5) is 6.01 Å². The summed E-state index contributed by atoms with van der Waals surface area (Å²) in [6.45, 7) is 4.26. The molecule has 0 saturated heterocycles. The van der Waals surface area contributed by atoms with Crippen molar-refractivity contribution in [3.05, 3.63) is 47.3 Å². The van der Waals surface area contributed by atoms with E-state index in [9.17, 15) is 4.79 Å². The lowest BCUT2D eigenvalue weighted by Gasteiger charge is -2.05. The van der Waals surface area contributed by atoms with Gasteiger partial charge in [0, 0.05) is 15.7 Å². The number of thioether (sulfide) groups is 1. The van der Waals surface area contributed by atoms with Gasteiger partial charge < -0.3 is 4.42 Å². The average Bonchev–Trinajstić information content (AvgIpc) is 3.18. The first-order chi connectivity index (χ1) is 11.1. The van der Waals surface area contributed by atoms with Crippen LogP contribution in [0.25, 0.3) is 10.8 Å². The number of benzene rings is 1. The predicted molar refractivity (Wildman–Crippen MR) is 93.0 cm³/mol. The molecule has 0 atom stereocenters. The second kappa shape index (κ2) is 6.97. The number of amides is 1. The molecule has 0 aliphatic rings. The summed E-state index contributed by atoms with van der Waals surface area (Å²) in [6, 6.07) is 11.3. The quantitative estimate of drug-likeness (QED) is 0.687. The number of nitrogens with one attached hydrogen (secondary N) is 1. The molecule has 1 N–H and O–H groups in total. The number of rotatable bonds is 5.